The minimum absolute atomic E-state index is 0.136. The molecule has 1 aromatic heterocycles. The van der Waals surface area contributed by atoms with Crippen LogP contribution in [0.25, 0.3) is 0 Å². The van der Waals surface area contributed by atoms with Crippen LogP contribution < -0.4 is 10.6 Å². The summed E-state index contributed by atoms with van der Waals surface area (Å²) < 4.78 is 0.675. The maximum absolute atomic E-state index is 12.0. The van der Waals surface area contributed by atoms with Crippen LogP contribution in [-0.4, -0.2) is 16.8 Å². The van der Waals surface area contributed by atoms with Crippen molar-refractivity contribution in [3.63, 3.8) is 0 Å². The summed E-state index contributed by atoms with van der Waals surface area (Å²) in [6.07, 6.45) is 1.49. The van der Waals surface area contributed by atoms with Gasteiger partial charge in [0.05, 0.1) is 5.56 Å². The molecule has 1 heterocycles. The average Bonchev–Trinajstić information content (AvgIpc) is 2.41. The molecule has 5 nitrogen and oxygen atoms in total. The first-order valence-corrected chi connectivity index (χ1v) is 6.64. The minimum atomic E-state index is -0.239. The Balaban J connectivity index is 2.04. The molecule has 0 bridgehead atoms. The zero-order valence-corrected chi connectivity index (χ0v) is 12.3. The summed E-state index contributed by atoms with van der Waals surface area (Å²) in [7, 11) is 0. The largest absolute Gasteiger partial charge is 0.326 e. The van der Waals surface area contributed by atoms with Gasteiger partial charge in [0.1, 0.15) is 4.60 Å². The molecule has 6 heteroatoms. The van der Waals surface area contributed by atoms with Gasteiger partial charge >= 0.3 is 0 Å². The van der Waals surface area contributed by atoms with E-state index in [9.17, 15) is 9.59 Å². The number of nitrogens with one attached hydrogen (secondary N) is 2. The summed E-state index contributed by atoms with van der Waals surface area (Å²) in [5, 5.41) is 5.41. The van der Waals surface area contributed by atoms with Gasteiger partial charge in [0.2, 0.25) is 5.91 Å². The van der Waals surface area contributed by atoms with Crippen molar-refractivity contribution in [2.75, 3.05) is 10.6 Å². The van der Waals surface area contributed by atoms with E-state index in [1.54, 1.807) is 36.4 Å². The third kappa shape index (κ3) is 3.89. The van der Waals surface area contributed by atoms with E-state index in [-0.39, 0.29) is 11.8 Å². The molecule has 20 heavy (non-hydrogen) atoms. The number of rotatable bonds is 3. The summed E-state index contributed by atoms with van der Waals surface area (Å²) in [4.78, 5) is 26.8. The zero-order valence-electron chi connectivity index (χ0n) is 10.7. The molecule has 2 rings (SSSR count). The average molecular weight is 334 g/mol. The fourth-order valence-electron chi connectivity index (χ4n) is 1.55. The normalized spacial score (nSPS) is 9.90. The van der Waals surface area contributed by atoms with Crippen LogP contribution in [0.15, 0.2) is 47.2 Å². The predicted molar refractivity (Wildman–Crippen MR) is 80.6 cm³/mol. The zero-order chi connectivity index (χ0) is 14.5. The second kappa shape index (κ2) is 6.29. The first kappa shape index (κ1) is 14.2. The second-order valence-electron chi connectivity index (χ2n) is 4.08. The molecule has 0 unspecified atom stereocenters. The van der Waals surface area contributed by atoms with Gasteiger partial charge in [0.25, 0.3) is 5.91 Å². The third-order valence-electron chi connectivity index (χ3n) is 2.45. The fraction of sp³-hybridized carbons (Fsp3) is 0.0714. The summed E-state index contributed by atoms with van der Waals surface area (Å²) in [5.74, 6) is -0.375. The predicted octanol–water partition coefficient (Wildman–Crippen LogP) is 3.05. The Kier molecular flexibility index (Phi) is 4.47. The van der Waals surface area contributed by atoms with Crippen LogP contribution in [0.1, 0.15) is 17.3 Å². The Morgan fingerprint density at radius 2 is 1.60 bits per heavy atom. The van der Waals surface area contributed by atoms with Gasteiger partial charge < -0.3 is 10.6 Å². The van der Waals surface area contributed by atoms with E-state index >= 15 is 0 Å². The smallest absolute Gasteiger partial charge is 0.257 e. The quantitative estimate of drug-likeness (QED) is 0.848. The molecule has 2 N–H and O–H groups in total. The molecule has 1 aromatic carbocycles. The van der Waals surface area contributed by atoms with Crippen LogP contribution in [0.4, 0.5) is 11.4 Å². The van der Waals surface area contributed by atoms with Crippen LogP contribution >= 0.6 is 15.9 Å². The van der Waals surface area contributed by atoms with Gasteiger partial charge in [0.15, 0.2) is 0 Å². The lowest BCUT2D eigenvalue weighted by Gasteiger charge is -2.07. The van der Waals surface area contributed by atoms with E-state index in [4.69, 9.17) is 0 Å². The Hall–Kier alpha value is -2.21. The summed E-state index contributed by atoms with van der Waals surface area (Å²) >= 11 is 3.21. The molecule has 0 aliphatic rings. The van der Waals surface area contributed by atoms with Crippen molar-refractivity contribution in [3.05, 3.63) is 52.8 Å². The van der Waals surface area contributed by atoms with Crippen molar-refractivity contribution < 1.29 is 9.59 Å². The van der Waals surface area contributed by atoms with Crippen LogP contribution in [0.5, 0.6) is 0 Å². The Morgan fingerprint density at radius 1 is 1.00 bits per heavy atom. The van der Waals surface area contributed by atoms with E-state index in [0.29, 0.717) is 21.5 Å². The molecule has 2 aromatic rings. The molecule has 0 radical (unpaired) electrons. The van der Waals surface area contributed by atoms with Crippen LogP contribution in [0, 0.1) is 0 Å². The number of aromatic nitrogens is 1. The number of halogens is 1. The number of hydrogen-bond donors (Lipinski definition) is 2. The molecular formula is C14H12BrN3O2. The maximum Gasteiger partial charge on any atom is 0.257 e. The fourth-order valence-corrected chi connectivity index (χ4v) is 1.79. The van der Waals surface area contributed by atoms with Crippen LogP contribution in [0.3, 0.4) is 0 Å². The minimum Gasteiger partial charge on any atom is -0.326 e. The van der Waals surface area contributed by atoms with Crippen molar-refractivity contribution in [2.24, 2.45) is 0 Å². The van der Waals surface area contributed by atoms with E-state index in [2.05, 4.69) is 31.5 Å². The van der Waals surface area contributed by atoms with Gasteiger partial charge in [-0.2, -0.15) is 0 Å². The summed E-state index contributed by atoms with van der Waals surface area (Å²) in [6.45, 7) is 1.44. The lowest BCUT2D eigenvalue weighted by atomic mass is 10.2. The number of nitrogens with zero attached hydrogens (tertiary/aromatic N) is 1. The molecule has 0 spiro atoms. The molecule has 0 saturated heterocycles. The van der Waals surface area contributed by atoms with Crippen LogP contribution in [0.2, 0.25) is 0 Å². The molecule has 0 fully saturated rings. The van der Waals surface area contributed by atoms with Gasteiger partial charge in [-0.25, -0.2) is 4.98 Å². The Bertz CT molecular complexity index is 624. The van der Waals surface area contributed by atoms with Crippen molar-refractivity contribution in [1.29, 1.82) is 0 Å². The molecule has 2 amide bonds. The monoisotopic (exact) mass is 333 g/mol. The van der Waals surface area contributed by atoms with E-state index in [1.165, 1.54) is 13.1 Å². The Labute approximate surface area is 124 Å². The maximum atomic E-state index is 12.0. The third-order valence-corrected chi connectivity index (χ3v) is 2.92. The summed E-state index contributed by atoms with van der Waals surface area (Å²) in [5.41, 5.74) is 1.80. The molecular weight excluding hydrogens is 322 g/mol. The number of amides is 2. The number of carbonyl (C=O) groups is 2. The number of carbonyl (C=O) groups excluding carboxylic acids is 2. The van der Waals surface area contributed by atoms with Crippen molar-refractivity contribution >= 4 is 39.1 Å². The molecule has 0 atom stereocenters. The van der Waals surface area contributed by atoms with Gasteiger partial charge in [-0.1, -0.05) is 0 Å². The second-order valence-corrected chi connectivity index (χ2v) is 4.89. The highest BCUT2D eigenvalue weighted by atomic mass is 79.9. The topological polar surface area (TPSA) is 71.1 Å². The Morgan fingerprint density at radius 3 is 2.10 bits per heavy atom. The van der Waals surface area contributed by atoms with E-state index in [1.807, 2.05) is 0 Å². The van der Waals surface area contributed by atoms with Crippen molar-refractivity contribution in [1.82, 2.24) is 4.98 Å². The van der Waals surface area contributed by atoms with Gasteiger partial charge in [-0.15, -0.1) is 0 Å². The van der Waals surface area contributed by atoms with E-state index in [0.717, 1.165) is 0 Å². The standard InChI is InChI=1S/C14H12BrN3O2/c1-9(19)17-11-3-5-12(6-4-11)18-14(20)10-2-7-13(15)16-8-10/h2-8H,1H3,(H,17,19)(H,18,20). The van der Waals surface area contributed by atoms with E-state index < -0.39 is 0 Å². The van der Waals surface area contributed by atoms with Gasteiger partial charge in [-0.05, 0) is 52.3 Å². The molecule has 102 valence electrons. The molecule has 0 aliphatic heterocycles. The van der Waals surface area contributed by atoms with Gasteiger partial charge in [0, 0.05) is 24.5 Å². The summed E-state index contributed by atoms with van der Waals surface area (Å²) in [6, 6.07) is 10.3. The highest BCUT2D eigenvalue weighted by molar-refractivity contribution is 9.10. The molecule has 0 saturated carbocycles. The highest BCUT2D eigenvalue weighted by Gasteiger charge is 2.06. The lowest BCUT2D eigenvalue weighted by molar-refractivity contribution is -0.114. The number of pyridine rings is 1. The van der Waals surface area contributed by atoms with Gasteiger partial charge in [-0.3, -0.25) is 9.59 Å². The highest BCUT2D eigenvalue weighted by Crippen LogP contribution is 2.15. The first-order chi connectivity index (χ1) is 9.54. The van der Waals surface area contributed by atoms with Crippen LogP contribution in [-0.2, 0) is 4.79 Å². The SMILES string of the molecule is CC(=O)Nc1ccc(NC(=O)c2ccc(Br)nc2)cc1. The lowest BCUT2D eigenvalue weighted by Crippen LogP contribution is -2.12. The van der Waals surface area contributed by atoms with Crippen molar-refractivity contribution in [3.8, 4) is 0 Å². The van der Waals surface area contributed by atoms with Crippen molar-refractivity contribution in [2.45, 2.75) is 6.92 Å². The number of benzene rings is 1. The number of hydrogen-bond acceptors (Lipinski definition) is 3. The number of anilines is 2. The first-order valence-electron chi connectivity index (χ1n) is 5.85. The molecule has 0 aliphatic carbocycles.